The molecule has 0 bridgehead atoms. The number of aliphatic hydroxyl groups is 3. The van der Waals surface area contributed by atoms with Crippen LogP contribution in [-0.4, -0.2) is 35.1 Å². The van der Waals surface area contributed by atoms with Gasteiger partial charge in [0.15, 0.2) is 0 Å². The Morgan fingerprint density at radius 3 is 1.17 bits per heavy atom. The maximum Gasteiger partial charge on any atom is 0.0428 e. The minimum Gasteiger partial charge on any atom is -0.396 e. The van der Waals surface area contributed by atoms with Crippen molar-refractivity contribution in [3.05, 3.63) is 42.8 Å². The zero-order valence-electron chi connectivity index (χ0n) is 15.7. The zero-order valence-corrected chi connectivity index (χ0v) is 19.3. The zero-order chi connectivity index (χ0) is 17.9. The van der Waals surface area contributed by atoms with Gasteiger partial charge in [-0.2, -0.15) is 0 Å². The van der Waals surface area contributed by atoms with Gasteiger partial charge >= 0.3 is 0 Å². The molecule has 3 N–H and O–H groups in total. The summed E-state index contributed by atoms with van der Waals surface area (Å²) in [5, 5.41) is 23.6. The molecule has 136 valence electrons. The SMILES string of the molecule is CCCO.CCCO.CCCO.[CH2-]C(C)(C)c1ccccc1.[Hf]. The first-order valence-electron chi connectivity index (χ1n) is 8.08. The van der Waals surface area contributed by atoms with E-state index in [4.69, 9.17) is 15.3 Å². The summed E-state index contributed by atoms with van der Waals surface area (Å²) in [6.45, 7) is 15.0. The van der Waals surface area contributed by atoms with E-state index in [1.165, 1.54) is 5.56 Å². The molecule has 0 saturated heterocycles. The molecule has 0 saturated carbocycles. The molecule has 0 fully saturated rings. The molecule has 23 heavy (non-hydrogen) atoms. The van der Waals surface area contributed by atoms with Gasteiger partial charge in [0.05, 0.1) is 0 Å². The summed E-state index contributed by atoms with van der Waals surface area (Å²) in [5.41, 5.74) is 1.33. The van der Waals surface area contributed by atoms with Crippen molar-refractivity contribution >= 4 is 0 Å². The van der Waals surface area contributed by atoms with Gasteiger partial charge in [0, 0.05) is 45.7 Å². The van der Waals surface area contributed by atoms with Crippen LogP contribution in [0.4, 0.5) is 0 Å². The predicted octanol–water partition coefficient (Wildman–Crippen LogP) is 3.96. The van der Waals surface area contributed by atoms with Crippen LogP contribution >= 0.6 is 0 Å². The Labute approximate surface area is 162 Å². The van der Waals surface area contributed by atoms with E-state index in [9.17, 15) is 0 Å². The number of benzene rings is 1. The molecule has 1 rings (SSSR count). The van der Waals surface area contributed by atoms with E-state index in [-0.39, 0.29) is 31.3 Å². The second-order valence-corrected chi connectivity index (χ2v) is 5.42. The van der Waals surface area contributed by atoms with Gasteiger partial charge in [-0.15, -0.1) is 5.41 Å². The molecule has 0 atom stereocenters. The first kappa shape index (κ1) is 30.8. The van der Waals surface area contributed by atoms with Gasteiger partial charge in [-0.3, -0.25) is 0 Å². The Kier molecular flexibility index (Phi) is 32.5. The van der Waals surface area contributed by atoms with Crippen LogP contribution in [0, 0.1) is 6.92 Å². The van der Waals surface area contributed by atoms with E-state index in [2.05, 4.69) is 32.9 Å². The van der Waals surface area contributed by atoms with Crippen molar-refractivity contribution in [1.82, 2.24) is 0 Å². The van der Waals surface area contributed by atoms with Crippen LogP contribution < -0.4 is 0 Å². The molecular formula is C19H37HfO3-. The first-order chi connectivity index (χ1) is 10.3. The normalized spacial score (nSPS) is 8.91. The van der Waals surface area contributed by atoms with Gasteiger partial charge in [0.2, 0.25) is 0 Å². The van der Waals surface area contributed by atoms with Gasteiger partial charge in [-0.1, -0.05) is 70.5 Å². The van der Waals surface area contributed by atoms with Crippen LogP contribution in [0.15, 0.2) is 30.3 Å². The van der Waals surface area contributed by atoms with Crippen LogP contribution in [0.5, 0.6) is 0 Å². The van der Waals surface area contributed by atoms with Gasteiger partial charge in [0.25, 0.3) is 0 Å². The average Bonchev–Trinajstić information content (AvgIpc) is 2.55. The van der Waals surface area contributed by atoms with E-state index in [1.807, 2.05) is 39.0 Å². The fourth-order valence-corrected chi connectivity index (χ4v) is 0.889. The van der Waals surface area contributed by atoms with Gasteiger partial charge in [0.1, 0.15) is 0 Å². The molecule has 3 nitrogen and oxygen atoms in total. The molecule has 0 aliphatic carbocycles. The topological polar surface area (TPSA) is 60.7 Å². The number of aliphatic hydroxyl groups excluding tert-OH is 3. The van der Waals surface area contributed by atoms with E-state index in [1.54, 1.807) is 0 Å². The van der Waals surface area contributed by atoms with E-state index in [0.717, 1.165) is 19.3 Å². The van der Waals surface area contributed by atoms with E-state index in [0.29, 0.717) is 19.8 Å². The van der Waals surface area contributed by atoms with Crippen LogP contribution in [-0.2, 0) is 31.3 Å². The summed E-state index contributed by atoms with van der Waals surface area (Å²) in [6, 6.07) is 10.3. The maximum atomic E-state index is 7.88. The monoisotopic (exact) mass is 493 g/mol. The van der Waals surface area contributed by atoms with Crippen molar-refractivity contribution in [3.8, 4) is 0 Å². The van der Waals surface area contributed by atoms with Crippen molar-refractivity contribution in [2.45, 2.75) is 59.3 Å². The molecule has 1 aromatic rings. The second-order valence-electron chi connectivity index (χ2n) is 5.42. The van der Waals surface area contributed by atoms with Crippen LogP contribution in [0.25, 0.3) is 0 Å². The van der Waals surface area contributed by atoms with Crippen molar-refractivity contribution in [1.29, 1.82) is 0 Å². The molecule has 0 aliphatic heterocycles. The second kappa shape index (κ2) is 24.2. The maximum absolute atomic E-state index is 7.88. The molecule has 0 amide bonds. The Bertz CT molecular complexity index is 269. The van der Waals surface area contributed by atoms with Gasteiger partial charge in [-0.25, -0.2) is 0 Å². The molecule has 1 aromatic carbocycles. The van der Waals surface area contributed by atoms with Crippen LogP contribution in [0.1, 0.15) is 59.4 Å². The van der Waals surface area contributed by atoms with Crippen molar-refractivity contribution < 1.29 is 41.2 Å². The quantitative estimate of drug-likeness (QED) is 0.441. The summed E-state index contributed by atoms with van der Waals surface area (Å²) in [7, 11) is 0. The van der Waals surface area contributed by atoms with E-state index < -0.39 is 0 Å². The Morgan fingerprint density at radius 2 is 1.04 bits per heavy atom. The number of hydrogen-bond donors (Lipinski definition) is 3. The molecule has 0 aliphatic rings. The minimum absolute atomic E-state index is 0. The minimum atomic E-state index is 0. The molecule has 0 radical (unpaired) electrons. The summed E-state index contributed by atoms with van der Waals surface area (Å²) in [4.78, 5) is 0. The summed E-state index contributed by atoms with van der Waals surface area (Å²) >= 11 is 0. The fourth-order valence-electron chi connectivity index (χ4n) is 0.889. The average molecular weight is 492 g/mol. The smallest absolute Gasteiger partial charge is 0.0428 e. The van der Waals surface area contributed by atoms with Crippen molar-refractivity contribution in [2.24, 2.45) is 0 Å². The van der Waals surface area contributed by atoms with Crippen molar-refractivity contribution in [2.75, 3.05) is 19.8 Å². The van der Waals surface area contributed by atoms with Crippen molar-refractivity contribution in [3.63, 3.8) is 0 Å². The third kappa shape index (κ3) is 30.4. The standard InChI is InChI=1S/C10H13.3C3H8O.Hf/c1-10(2,3)9-7-5-4-6-8-9;3*1-2-3-4;/h4-8H,1H2,2-3H3;3*4H,2-3H2,1H3;/q-1;;;;. The summed E-state index contributed by atoms with van der Waals surface area (Å²) in [6.07, 6.45) is 2.62. The Morgan fingerprint density at radius 1 is 0.783 bits per heavy atom. The first-order valence-corrected chi connectivity index (χ1v) is 8.08. The third-order valence-corrected chi connectivity index (χ3v) is 2.23. The Balaban J connectivity index is -0.000000118. The summed E-state index contributed by atoms with van der Waals surface area (Å²) in [5.74, 6) is 0. The van der Waals surface area contributed by atoms with E-state index >= 15 is 0 Å². The van der Waals surface area contributed by atoms with Gasteiger partial charge in [-0.05, 0) is 19.3 Å². The molecule has 0 spiro atoms. The molecule has 0 unspecified atom stereocenters. The molecular weight excluding hydrogens is 455 g/mol. The predicted molar refractivity (Wildman–Crippen MR) is 97.0 cm³/mol. The van der Waals surface area contributed by atoms with Crippen LogP contribution in [0.3, 0.4) is 0 Å². The molecule has 0 heterocycles. The molecule has 4 heteroatoms. The largest absolute Gasteiger partial charge is 0.396 e. The number of rotatable bonds is 4. The Hall–Kier alpha value is -0.0299. The fraction of sp³-hybridized carbons (Fsp3) is 0.632. The third-order valence-electron chi connectivity index (χ3n) is 2.23. The molecule has 0 aromatic heterocycles. The van der Waals surface area contributed by atoms with Gasteiger partial charge < -0.3 is 22.2 Å². The van der Waals surface area contributed by atoms with Crippen LogP contribution in [0.2, 0.25) is 0 Å². The summed E-state index contributed by atoms with van der Waals surface area (Å²) < 4.78 is 0. The number of hydrogen-bond acceptors (Lipinski definition) is 3.